The van der Waals surface area contributed by atoms with Crippen LogP contribution in [0.5, 0.6) is 0 Å². The Morgan fingerprint density at radius 2 is 1.54 bits per heavy atom. The van der Waals surface area contributed by atoms with E-state index in [1.54, 1.807) is 0 Å². The number of hydrogen-bond donors (Lipinski definition) is 2. The highest BCUT2D eigenvalue weighted by Gasteiger charge is 1.73. The van der Waals surface area contributed by atoms with Crippen molar-refractivity contribution in [3.63, 3.8) is 0 Å². The van der Waals surface area contributed by atoms with Gasteiger partial charge in [0.1, 0.15) is 0 Å². The van der Waals surface area contributed by atoms with Gasteiger partial charge < -0.3 is 23.5 Å². The minimum absolute atomic E-state index is 0. The van der Waals surface area contributed by atoms with E-state index in [0.717, 1.165) is 19.2 Å². The Morgan fingerprint density at radius 1 is 1.23 bits per heavy atom. The number of primary amides is 1. The Morgan fingerprint density at radius 3 is 1.69 bits per heavy atom. The van der Waals surface area contributed by atoms with Crippen LogP contribution in [0.4, 0.5) is 0 Å². The van der Waals surface area contributed by atoms with Crippen molar-refractivity contribution >= 4 is 5.91 Å². The summed E-state index contributed by atoms with van der Waals surface area (Å²) in [7, 11) is 0. The lowest BCUT2D eigenvalue weighted by Gasteiger charge is -1.86. The normalized spacial score (nSPS) is 6.77. The van der Waals surface area contributed by atoms with E-state index in [2.05, 4.69) is 30.8 Å². The molecular formula is C9H17ClN2O. The summed E-state index contributed by atoms with van der Waals surface area (Å²) in [5, 5.41) is 2.12. The fraction of sp³-hybridized carbons (Fsp3) is 0.222. The van der Waals surface area contributed by atoms with Crippen LogP contribution >= 0.6 is 0 Å². The Labute approximate surface area is 85.8 Å². The summed E-state index contributed by atoms with van der Waals surface area (Å²) in [6, 6.07) is 0. The first-order valence-electron chi connectivity index (χ1n) is 3.64. The Kier molecular flexibility index (Phi) is 23.6. The third-order valence-electron chi connectivity index (χ3n) is 0.868. The third kappa shape index (κ3) is 35.8. The third-order valence-corrected chi connectivity index (χ3v) is 0.868. The highest BCUT2D eigenvalue weighted by molar-refractivity contribution is 5.84. The highest BCUT2D eigenvalue weighted by atomic mass is 35.5. The number of nitrogens with two attached hydrogens (primary N) is 2. The molecule has 0 aromatic heterocycles. The molecule has 3 nitrogen and oxygen atoms in total. The van der Waals surface area contributed by atoms with Crippen molar-refractivity contribution in [2.75, 3.05) is 13.1 Å². The molecule has 13 heavy (non-hydrogen) atoms. The predicted octanol–water partition coefficient (Wildman–Crippen LogP) is -3.42. The van der Waals surface area contributed by atoms with Crippen LogP contribution in [0, 0.1) is 0 Å². The first kappa shape index (κ1) is 17.9. The van der Waals surface area contributed by atoms with Crippen molar-refractivity contribution in [1.29, 1.82) is 0 Å². The summed E-state index contributed by atoms with van der Waals surface area (Å²) >= 11 is 0. The molecule has 0 aromatic rings. The van der Waals surface area contributed by atoms with Gasteiger partial charge in [0.05, 0.1) is 13.1 Å². The molecule has 0 aliphatic rings. The molecule has 0 unspecified atom stereocenters. The van der Waals surface area contributed by atoms with Crippen LogP contribution in [0.3, 0.4) is 0 Å². The van der Waals surface area contributed by atoms with Gasteiger partial charge in [-0.25, -0.2) is 0 Å². The highest BCUT2D eigenvalue weighted by Crippen LogP contribution is 1.48. The summed E-state index contributed by atoms with van der Waals surface area (Å²) in [4.78, 5) is 9.47. The molecule has 0 aliphatic carbocycles. The van der Waals surface area contributed by atoms with Crippen LogP contribution < -0.4 is 23.5 Å². The van der Waals surface area contributed by atoms with E-state index < -0.39 is 5.91 Å². The molecule has 0 aromatic carbocycles. The second-order valence-corrected chi connectivity index (χ2v) is 1.94. The van der Waals surface area contributed by atoms with Gasteiger partial charge in [-0.15, -0.1) is 0 Å². The van der Waals surface area contributed by atoms with Crippen molar-refractivity contribution in [3.05, 3.63) is 38.0 Å². The van der Waals surface area contributed by atoms with Crippen LogP contribution in [0.25, 0.3) is 0 Å². The topological polar surface area (TPSA) is 59.7 Å². The molecule has 0 fully saturated rings. The lowest BCUT2D eigenvalue weighted by Crippen LogP contribution is -3.00. The lowest BCUT2D eigenvalue weighted by molar-refractivity contribution is -0.636. The maximum Gasteiger partial charge on any atom is 0.240 e. The molecule has 0 bridgehead atoms. The van der Waals surface area contributed by atoms with Crippen LogP contribution in [0.1, 0.15) is 0 Å². The number of rotatable bonds is 5. The second kappa shape index (κ2) is 17.1. The molecule has 0 rings (SSSR count). The van der Waals surface area contributed by atoms with Gasteiger partial charge in [0, 0.05) is 0 Å². The second-order valence-electron chi connectivity index (χ2n) is 1.94. The molecule has 0 aliphatic heterocycles. The molecule has 4 heteroatoms. The van der Waals surface area contributed by atoms with Crippen molar-refractivity contribution in [2.24, 2.45) is 5.73 Å². The number of hydrogen-bond acceptors (Lipinski definition) is 1. The average Bonchev–Trinajstić information content (AvgIpc) is 2.07. The van der Waals surface area contributed by atoms with Crippen molar-refractivity contribution in [3.8, 4) is 0 Å². The number of carbonyl (C=O) groups excluding carboxylic acids is 1. The first-order valence-corrected chi connectivity index (χ1v) is 3.64. The van der Waals surface area contributed by atoms with Crippen LogP contribution in [0.2, 0.25) is 0 Å². The van der Waals surface area contributed by atoms with Gasteiger partial charge in [-0.3, -0.25) is 4.79 Å². The molecule has 0 saturated carbocycles. The molecule has 0 atom stereocenters. The van der Waals surface area contributed by atoms with E-state index >= 15 is 0 Å². The summed E-state index contributed by atoms with van der Waals surface area (Å²) in [5.74, 6) is -0.481. The van der Waals surface area contributed by atoms with Gasteiger partial charge in [-0.2, -0.15) is 0 Å². The Bertz CT molecular complexity index is 150. The largest absolute Gasteiger partial charge is 1.00 e. The predicted molar refractivity (Wildman–Crippen MR) is 51.4 cm³/mol. The zero-order valence-electron chi connectivity index (χ0n) is 7.71. The standard InChI is InChI=1S/C6H11N.C3H5NO.ClH/c1-3-5-7-6-4-2;1-2-3(4)5;/h3-4,7H,1-2,5-6H2;2H,1H2,(H2,4,5);1H. The SMILES string of the molecule is C=CC(N)=O.C=CC[NH2+]CC=C.[Cl-]. The molecule has 0 radical (unpaired) electrons. The van der Waals surface area contributed by atoms with E-state index in [1.807, 2.05) is 12.2 Å². The monoisotopic (exact) mass is 204 g/mol. The molecule has 1 amide bonds. The molecule has 76 valence electrons. The van der Waals surface area contributed by atoms with E-state index in [1.165, 1.54) is 0 Å². The van der Waals surface area contributed by atoms with E-state index in [-0.39, 0.29) is 12.4 Å². The molecule has 0 heterocycles. The van der Waals surface area contributed by atoms with E-state index in [9.17, 15) is 4.79 Å². The zero-order chi connectivity index (χ0) is 9.82. The van der Waals surface area contributed by atoms with Gasteiger partial charge in [0.25, 0.3) is 0 Å². The van der Waals surface area contributed by atoms with Gasteiger partial charge in [0.2, 0.25) is 5.91 Å². The summed E-state index contributed by atoms with van der Waals surface area (Å²) in [5.41, 5.74) is 4.53. The summed E-state index contributed by atoms with van der Waals surface area (Å²) in [6.07, 6.45) is 4.81. The van der Waals surface area contributed by atoms with Crippen molar-refractivity contribution in [2.45, 2.75) is 0 Å². The molecule has 0 saturated heterocycles. The van der Waals surface area contributed by atoms with Crippen LogP contribution in [0.15, 0.2) is 38.0 Å². The number of quaternary nitrogens is 1. The average molecular weight is 205 g/mol. The molecular weight excluding hydrogens is 188 g/mol. The van der Waals surface area contributed by atoms with Gasteiger partial charge >= 0.3 is 0 Å². The van der Waals surface area contributed by atoms with Crippen molar-refractivity contribution in [1.82, 2.24) is 0 Å². The quantitative estimate of drug-likeness (QED) is 0.274. The Hall–Kier alpha value is -1.06. The molecule has 0 spiro atoms. The maximum atomic E-state index is 9.47. The van der Waals surface area contributed by atoms with Gasteiger partial charge in [-0.05, 0) is 18.2 Å². The fourth-order valence-corrected chi connectivity index (χ4v) is 0.332. The smallest absolute Gasteiger partial charge is 0.240 e. The minimum atomic E-state index is -0.481. The van der Waals surface area contributed by atoms with Gasteiger partial charge in [-0.1, -0.05) is 19.7 Å². The van der Waals surface area contributed by atoms with Crippen molar-refractivity contribution < 1.29 is 22.5 Å². The van der Waals surface area contributed by atoms with E-state index in [4.69, 9.17) is 0 Å². The van der Waals surface area contributed by atoms with Crippen LogP contribution in [-0.4, -0.2) is 19.0 Å². The first-order chi connectivity index (χ1) is 5.68. The number of halogens is 1. The van der Waals surface area contributed by atoms with Crippen LogP contribution in [-0.2, 0) is 4.79 Å². The maximum absolute atomic E-state index is 9.47. The number of amides is 1. The zero-order valence-corrected chi connectivity index (χ0v) is 8.46. The Balaban J connectivity index is -0.000000150. The minimum Gasteiger partial charge on any atom is -1.00 e. The fourth-order valence-electron chi connectivity index (χ4n) is 0.332. The lowest BCUT2D eigenvalue weighted by atomic mass is 10.5. The van der Waals surface area contributed by atoms with E-state index in [0.29, 0.717) is 0 Å². The summed E-state index contributed by atoms with van der Waals surface area (Å²) in [6.45, 7) is 12.2. The van der Waals surface area contributed by atoms with Gasteiger partial charge in [0.15, 0.2) is 0 Å². The summed E-state index contributed by atoms with van der Waals surface area (Å²) < 4.78 is 0. The number of carbonyl (C=O) groups is 1. The molecule has 4 N–H and O–H groups in total.